The Balaban J connectivity index is 1.99. The van der Waals surface area contributed by atoms with Crippen LogP contribution in [0.3, 0.4) is 0 Å². The van der Waals surface area contributed by atoms with E-state index in [9.17, 15) is 14.0 Å². The predicted octanol–water partition coefficient (Wildman–Crippen LogP) is 2.35. The number of nitrogens with zero attached hydrogens (tertiary/aromatic N) is 1. The van der Waals surface area contributed by atoms with Crippen LogP contribution in [0.4, 0.5) is 10.1 Å². The molecule has 0 bridgehead atoms. The molecule has 1 aromatic heterocycles. The zero-order chi connectivity index (χ0) is 15.4. The number of benzene rings is 1. The number of halogens is 1. The minimum atomic E-state index is -1.04. The summed E-state index contributed by atoms with van der Waals surface area (Å²) in [6.45, 7) is 1.43. The lowest BCUT2D eigenvalue weighted by atomic mass is 10.3. The first-order valence-corrected chi connectivity index (χ1v) is 6.36. The highest BCUT2D eigenvalue weighted by atomic mass is 19.1. The van der Waals surface area contributed by atoms with E-state index in [4.69, 9.17) is 4.74 Å². The van der Waals surface area contributed by atoms with Crippen LogP contribution < -0.4 is 5.32 Å². The molecule has 2 rings (SSSR count). The molecule has 6 heteroatoms. The Labute approximate surface area is 121 Å². The SMILES string of the molecule is C[C@H](OC(=O)c1cccn1C)C(=O)Nc1ccccc1F. The van der Waals surface area contributed by atoms with Crippen molar-refractivity contribution in [3.05, 3.63) is 54.1 Å². The van der Waals surface area contributed by atoms with Gasteiger partial charge in [-0.25, -0.2) is 9.18 Å². The predicted molar refractivity (Wildman–Crippen MR) is 75.3 cm³/mol. The molecule has 110 valence electrons. The van der Waals surface area contributed by atoms with E-state index in [-0.39, 0.29) is 5.69 Å². The van der Waals surface area contributed by atoms with Gasteiger partial charge in [0.15, 0.2) is 6.10 Å². The van der Waals surface area contributed by atoms with Crippen molar-refractivity contribution in [2.75, 3.05) is 5.32 Å². The maximum absolute atomic E-state index is 13.4. The van der Waals surface area contributed by atoms with Crippen molar-refractivity contribution in [3.63, 3.8) is 0 Å². The molecule has 0 spiro atoms. The molecule has 1 amide bonds. The summed E-state index contributed by atoms with van der Waals surface area (Å²) in [6.07, 6.45) is 0.660. The number of aryl methyl sites for hydroxylation is 1. The third-order valence-electron chi connectivity index (χ3n) is 2.94. The van der Waals surface area contributed by atoms with E-state index in [1.165, 1.54) is 25.1 Å². The summed E-state index contributed by atoms with van der Waals surface area (Å²) in [4.78, 5) is 23.8. The number of hydrogen-bond acceptors (Lipinski definition) is 3. The Hall–Kier alpha value is -2.63. The van der Waals surface area contributed by atoms with E-state index in [1.807, 2.05) is 0 Å². The first kappa shape index (κ1) is 14.8. The van der Waals surface area contributed by atoms with Gasteiger partial charge in [0.1, 0.15) is 11.5 Å². The third kappa shape index (κ3) is 3.47. The summed E-state index contributed by atoms with van der Waals surface area (Å²) in [5, 5.41) is 2.38. The van der Waals surface area contributed by atoms with Crippen LogP contribution in [-0.4, -0.2) is 22.5 Å². The molecular weight excluding hydrogens is 275 g/mol. The maximum Gasteiger partial charge on any atom is 0.355 e. The molecule has 2 aromatic rings. The van der Waals surface area contributed by atoms with Crippen LogP contribution in [0.25, 0.3) is 0 Å². The normalized spacial score (nSPS) is 11.8. The number of aromatic nitrogens is 1. The van der Waals surface area contributed by atoms with E-state index in [0.717, 1.165) is 0 Å². The van der Waals surface area contributed by atoms with Gasteiger partial charge < -0.3 is 14.6 Å². The minimum absolute atomic E-state index is 0.0456. The summed E-state index contributed by atoms with van der Waals surface area (Å²) >= 11 is 0. The Bertz CT molecular complexity index is 666. The van der Waals surface area contributed by atoms with Crippen LogP contribution in [0, 0.1) is 5.82 Å². The fourth-order valence-corrected chi connectivity index (χ4v) is 1.74. The molecule has 0 aliphatic rings. The maximum atomic E-state index is 13.4. The van der Waals surface area contributed by atoms with Gasteiger partial charge in [0.2, 0.25) is 0 Å². The monoisotopic (exact) mass is 290 g/mol. The number of anilines is 1. The van der Waals surface area contributed by atoms with Crippen molar-refractivity contribution in [1.82, 2.24) is 4.57 Å². The van der Waals surface area contributed by atoms with Crippen LogP contribution in [-0.2, 0) is 16.6 Å². The van der Waals surface area contributed by atoms with Gasteiger partial charge in [0.25, 0.3) is 5.91 Å². The largest absolute Gasteiger partial charge is 0.448 e. The van der Waals surface area contributed by atoms with E-state index in [2.05, 4.69) is 5.32 Å². The van der Waals surface area contributed by atoms with Crippen molar-refractivity contribution in [2.45, 2.75) is 13.0 Å². The number of amides is 1. The molecule has 1 aromatic carbocycles. The molecule has 1 heterocycles. The Morgan fingerprint density at radius 3 is 2.57 bits per heavy atom. The Kier molecular flexibility index (Phi) is 4.37. The number of hydrogen-bond donors (Lipinski definition) is 1. The average molecular weight is 290 g/mol. The molecule has 0 saturated heterocycles. The number of esters is 1. The first-order chi connectivity index (χ1) is 9.99. The standard InChI is InChI=1S/C15H15FN2O3/c1-10(21-15(20)13-8-5-9-18(13)2)14(19)17-12-7-4-3-6-11(12)16/h3-10H,1-2H3,(H,17,19)/t10-/m0/s1. The molecule has 0 saturated carbocycles. The zero-order valence-electron chi connectivity index (χ0n) is 11.7. The third-order valence-corrected chi connectivity index (χ3v) is 2.94. The van der Waals surface area contributed by atoms with Gasteiger partial charge in [-0.1, -0.05) is 12.1 Å². The van der Waals surface area contributed by atoms with Crippen molar-refractivity contribution in [2.24, 2.45) is 7.05 Å². The van der Waals surface area contributed by atoms with Gasteiger partial charge in [0.05, 0.1) is 5.69 Å². The van der Waals surface area contributed by atoms with E-state index in [0.29, 0.717) is 5.69 Å². The molecule has 21 heavy (non-hydrogen) atoms. The lowest BCUT2D eigenvalue weighted by molar-refractivity contribution is -0.123. The lowest BCUT2D eigenvalue weighted by Crippen LogP contribution is -2.30. The summed E-state index contributed by atoms with van der Waals surface area (Å²) in [6, 6.07) is 9.06. The Morgan fingerprint density at radius 2 is 1.95 bits per heavy atom. The highest BCUT2D eigenvalue weighted by molar-refractivity contribution is 5.96. The van der Waals surface area contributed by atoms with Gasteiger partial charge in [-0.2, -0.15) is 0 Å². The smallest absolute Gasteiger partial charge is 0.355 e. The topological polar surface area (TPSA) is 60.3 Å². The van der Waals surface area contributed by atoms with Crippen LogP contribution in [0.15, 0.2) is 42.6 Å². The molecule has 0 fully saturated rings. The fraction of sp³-hybridized carbons (Fsp3) is 0.200. The lowest BCUT2D eigenvalue weighted by Gasteiger charge is -2.14. The van der Waals surface area contributed by atoms with Crippen molar-refractivity contribution >= 4 is 17.6 Å². The first-order valence-electron chi connectivity index (χ1n) is 6.36. The second-order valence-electron chi connectivity index (χ2n) is 4.52. The summed E-state index contributed by atoms with van der Waals surface area (Å²) in [5.74, 6) is -1.76. The summed E-state index contributed by atoms with van der Waals surface area (Å²) in [7, 11) is 1.70. The van der Waals surface area contributed by atoms with Gasteiger partial charge in [0, 0.05) is 13.2 Å². The zero-order valence-corrected chi connectivity index (χ0v) is 11.7. The van der Waals surface area contributed by atoms with Gasteiger partial charge in [-0.3, -0.25) is 4.79 Å². The number of carbonyl (C=O) groups is 2. The van der Waals surface area contributed by atoms with Crippen molar-refractivity contribution in [3.8, 4) is 0 Å². The van der Waals surface area contributed by atoms with E-state index in [1.54, 1.807) is 36.0 Å². The quantitative estimate of drug-likeness (QED) is 0.879. The molecule has 0 radical (unpaired) electrons. The fourth-order valence-electron chi connectivity index (χ4n) is 1.74. The van der Waals surface area contributed by atoms with Gasteiger partial charge >= 0.3 is 5.97 Å². The average Bonchev–Trinajstić information content (AvgIpc) is 2.87. The molecule has 1 N–H and O–H groups in total. The molecule has 0 aliphatic carbocycles. The summed E-state index contributed by atoms with van der Waals surface area (Å²) in [5.41, 5.74) is 0.379. The van der Waals surface area contributed by atoms with Gasteiger partial charge in [-0.15, -0.1) is 0 Å². The van der Waals surface area contributed by atoms with Crippen LogP contribution >= 0.6 is 0 Å². The number of para-hydroxylation sites is 1. The Morgan fingerprint density at radius 1 is 1.24 bits per heavy atom. The molecular formula is C15H15FN2O3. The number of carbonyl (C=O) groups excluding carboxylic acids is 2. The van der Waals surface area contributed by atoms with Crippen LogP contribution in [0.1, 0.15) is 17.4 Å². The van der Waals surface area contributed by atoms with Crippen LogP contribution in [0.2, 0.25) is 0 Å². The van der Waals surface area contributed by atoms with Crippen molar-refractivity contribution in [1.29, 1.82) is 0 Å². The number of rotatable bonds is 4. The van der Waals surface area contributed by atoms with E-state index >= 15 is 0 Å². The molecule has 5 nitrogen and oxygen atoms in total. The number of nitrogens with one attached hydrogen (secondary N) is 1. The molecule has 0 aliphatic heterocycles. The second kappa shape index (κ2) is 6.21. The number of ether oxygens (including phenoxy) is 1. The van der Waals surface area contributed by atoms with Crippen LogP contribution in [0.5, 0.6) is 0 Å². The van der Waals surface area contributed by atoms with E-state index < -0.39 is 23.8 Å². The highest BCUT2D eigenvalue weighted by Crippen LogP contribution is 2.13. The second-order valence-corrected chi connectivity index (χ2v) is 4.52. The molecule has 1 atom stereocenters. The molecule has 0 unspecified atom stereocenters. The minimum Gasteiger partial charge on any atom is -0.448 e. The summed E-state index contributed by atoms with van der Waals surface area (Å²) < 4.78 is 20.1. The van der Waals surface area contributed by atoms with Gasteiger partial charge in [-0.05, 0) is 31.2 Å². The highest BCUT2D eigenvalue weighted by Gasteiger charge is 2.21. The van der Waals surface area contributed by atoms with Crippen molar-refractivity contribution < 1.29 is 18.7 Å².